The summed E-state index contributed by atoms with van der Waals surface area (Å²) in [6.07, 6.45) is 5.20. The van der Waals surface area contributed by atoms with E-state index in [4.69, 9.17) is 4.74 Å². The maximum atomic E-state index is 12.4. The Morgan fingerprint density at radius 2 is 1.83 bits per heavy atom. The van der Waals surface area contributed by atoms with Crippen LogP contribution in [0.25, 0.3) is 0 Å². The van der Waals surface area contributed by atoms with Crippen molar-refractivity contribution in [2.75, 3.05) is 13.7 Å². The monoisotopic (exact) mass is 426 g/mol. The van der Waals surface area contributed by atoms with E-state index in [1.54, 1.807) is 0 Å². The minimum Gasteiger partial charge on any atom is -0.493 e. The van der Waals surface area contributed by atoms with E-state index in [9.17, 15) is 18.4 Å². The highest BCUT2D eigenvalue weighted by atomic mass is 19.3. The number of ether oxygens (including phenoxy) is 2. The van der Waals surface area contributed by atoms with Gasteiger partial charge < -0.3 is 20.1 Å². The molecule has 6 nitrogen and oxygen atoms in total. The van der Waals surface area contributed by atoms with Gasteiger partial charge in [-0.25, -0.2) is 0 Å². The number of carbonyl (C=O) groups excluding carboxylic acids is 2. The lowest BCUT2D eigenvalue weighted by molar-refractivity contribution is -0.121. The number of rotatable bonds is 9. The van der Waals surface area contributed by atoms with Gasteiger partial charge in [-0.15, -0.1) is 0 Å². The van der Waals surface area contributed by atoms with Gasteiger partial charge in [0.15, 0.2) is 11.5 Å². The fourth-order valence-electron chi connectivity index (χ4n) is 3.85. The van der Waals surface area contributed by atoms with E-state index < -0.39 is 12.5 Å². The third kappa shape index (κ3) is 6.57. The molecule has 0 bridgehead atoms. The first-order valence-electron chi connectivity index (χ1n) is 10.4. The molecule has 0 spiro atoms. The molecule has 2 rings (SSSR count). The Bertz CT molecular complexity index is 732. The number of methoxy groups -OCH3 is 1. The SMILES string of the molecule is CCC(C)(C)C1CCC(NC(=O)CNC(=O)c2ccc(OC(F)F)c(OC)c2)CC1. The van der Waals surface area contributed by atoms with E-state index in [1.165, 1.54) is 25.3 Å². The Kier molecular flexibility index (Phi) is 8.43. The first-order valence-corrected chi connectivity index (χ1v) is 10.4. The van der Waals surface area contributed by atoms with Crippen LogP contribution >= 0.6 is 0 Å². The summed E-state index contributed by atoms with van der Waals surface area (Å²) in [6, 6.07) is 3.99. The van der Waals surface area contributed by atoms with Crippen LogP contribution in [0, 0.1) is 11.3 Å². The number of amides is 2. The van der Waals surface area contributed by atoms with Crippen LogP contribution in [0.2, 0.25) is 0 Å². The summed E-state index contributed by atoms with van der Waals surface area (Å²) in [5, 5.41) is 5.53. The smallest absolute Gasteiger partial charge is 0.387 e. The third-order valence-electron chi connectivity index (χ3n) is 6.16. The number of nitrogens with one attached hydrogen (secondary N) is 2. The normalized spacial score (nSPS) is 19.3. The molecule has 0 radical (unpaired) electrons. The summed E-state index contributed by atoms with van der Waals surface area (Å²) in [7, 11) is 1.29. The fraction of sp³-hybridized carbons (Fsp3) is 0.636. The molecular weight excluding hydrogens is 394 g/mol. The Balaban J connectivity index is 1.82. The van der Waals surface area contributed by atoms with E-state index in [2.05, 4.69) is 36.1 Å². The van der Waals surface area contributed by atoms with Crippen LogP contribution in [0.5, 0.6) is 11.5 Å². The average molecular weight is 427 g/mol. The van der Waals surface area contributed by atoms with Crippen LogP contribution in [-0.4, -0.2) is 38.1 Å². The highest BCUT2D eigenvalue weighted by Gasteiger charge is 2.32. The summed E-state index contributed by atoms with van der Waals surface area (Å²) in [5.74, 6) is -0.225. The lowest BCUT2D eigenvalue weighted by Crippen LogP contribution is -2.44. The number of hydrogen-bond acceptors (Lipinski definition) is 4. The van der Waals surface area contributed by atoms with Gasteiger partial charge in [0, 0.05) is 11.6 Å². The Hall–Kier alpha value is -2.38. The number of halogens is 2. The zero-order chi connectivity index (χ0) is 22.3. The maximum absolute atomic E-state index is 12.4. The first-order chi connectivity index (χ1) is 14.2. The molecule has 0 aliphatic heterocycles. The molecule has 1 saturated carbocycles. The molecule has 1 fully saturated rings. The highest BCUT2D eigenvalue weighted by molar-refractivity contribution is 5.97. The zero-order valence-electron chi connectivity index (χ0n) is 18.1. The van der Waals surface area contributed by atoms with Crippen LogP contribution in [0.4, 0.5) is 8.78 Å². The zero-order valence-corrected chi connectivity index (χ0v) is 18.1. The Morgan fingerprint density at radius 1 is 1.17 bits per heavy atom. The predicted molar refractivity (Wildman–Crippen MR) is 110 cm³/mol. The molecule has 0 saturated heterocycles. The fourth-order valence-corrected chi connectivity index (χ4v) is 3.85. The van der Waals surface area contributed by atoms with Crippen molar-refractivity contribution in [1.82, 2.24) is 10.6 Å². The van der Waals surface area contributed by atoms with Crippen LogP contribution in [0.3, 0.4) is 0 Å². The van der Waals surface area contributed by atoms with Crippen molar-refractivity contribution >= 4 is 11.8 Å². The van der Waals surface area contributed by atoms with Gasteiger partial charge in [-0.05, 0) is 55.2 Å². The van der Waals surface area contributed by atoms with Gasteiger partial charge in [-0.3, -0.25) is 9.59 Å². The van der Waals surface area contributed by atoms with Gasteiger partial charge in [0.2, 0.25) is 5.91 Å². The van der Waals surface area contributed by atoms with Crippen LogP contribution in [-0.2, 0) is 4.79 Å². The van der Waals surface area contributed by atoms with Gasteiger partial charge in [0.1, 0.15) is 0 Å². The van der Waals surface area contributed by atoms with Crippen LogP contribution < -0.4 is 20.1 Å². The molecule has 30 heavy (non-hydrogen) atoms. The summed E-state index contributed by atoms with van der Waals surface area (Å²) < 4.78 is 34.1. The highest BCUT2D eigenvalue weighted by Crippen LogP contribution is 2.40. The van der Waals surface area contributed by atoms with Crippen molar-refractivity contribution in [3.05, 3.63) is 23.8 Å². The third-order valence-corrected chi connectivity index (χ3v) is 6.16. The summed E-state index contributed by atoms with van der Waals surface area (Å²) in [5.41, 5.74) is 0.503. The quantitative estimate of drug-likeness (QED) is 0.622. The van der Waals surface area contributed by atoms with Crippen molar-refractivity contribution in [2.45, 2.75) is 65.5 Å². The average Bonchev–Trinajstić information content (AvgIpc) is 2.72. The second-order valence-corrected chi connectivity index (χ2v) is 8.39. The number of carbonyl (C=O) groups is 2. The molecule has 168 valence electrons. The minimum atomic E-state index is -3.00. The van der Waals surface area contributed by atoms with Gasteiger partial charge >= 0.3 is 6.61 Å². The van der Waals surface area contributed by atoms with Crippen LogP contribution in [0.1, 0.15) is 63.2 Å². The van der Waals surface area contributed by atoms with Crippen molar-refractivity contribution in [2.24, 2.45) is 11.3 Å². The van der Waals surface area contributed by atoms with E-state index in [0.717, 1.165) is 32.1 Å². The first kappa shape index (κ1) is 23.9. The lowest BCUT2D eigenvalue weighted by Gasteiger charge is -2.39. The van der Waals surface area contributed by atoms with Gasteiger partial charge in [-0.1, -0.05) is 27.2 Å². The van der Waals surface area contributed by atoms with Gasteiger partial charge in [-0.2, -0.15) is 8.78 Å². The van der Waals surface area contributed by atoms with Crippen molar-refractivity contribution < 1.29 is 27.8 Å². The topological polar surface area (TPSA) is 76.7 Å². The number of alkyl halides is 2. The molecule has 1 aromatic carbocycles. The Morgan fingerprint density at radius 3 is 2.40 bits per heavy atom. The number of hydrogen-bond donors (Lipinski definition) is 2. The van der Waals surface area contributed by atoms with Crippen molar-refractivity contribution in [3.63, 3.8) is 0 Å². The Labute approximate surface area is 176 Å². The van der Waals surface area contributed by atoms with Crippen LogP contribution in [0.15, 0.2) is 18.2 Å². The second kappa shape index (κ2) is 10.6. The minimum absolute atomic E-state index is 0.0131. The second-order valence-electron chi connectivity index (χ2n) is 8.39. The lowest BCUT2D eigenvalue weighted by atomic mass is 9.69. The predicted octanol–water partition coefficient (Wildman–Crippen LogP) is 4.14. The van der Waals surface area contributed by atoms with Gasteiger partial charge in [0.05, 0.1) is 13.7 Å². The summed E-state index contributed by atoms with van der Waals surface area (Å²) in [4.78, 5) is 24.5. The molecule has 1 aliphatic rings. The van der Waals surface area contributed by atoms with E-state index in [0.29, 0.717) is 11.3 Å². The molecule has 1 aliphatic carbocycles. The molecule has 2 amide bonds. The molecule has 8 heteroatoms. The van der Waals surface area contributed by atoms with E-state index >= 15 is 0 Å². The standard InChI is InChI=1S/C22H32F2N2O4/c1-5-22(2,3)15-7-9-16(10-8-15)26-19(27)13-25-20(28)14-6-11-17(30-21(23)24)18(12-14)29-4/h6,11-12,15-16,21H,5,7-10,13H2,1-4H3,(H,25,28)(H,26,27). The summed E-state index contributed by atoms with van der Waals surface area (Å²) >= 11 is 0. The van der Waals surface area contributed by atoms with Crippen molar-refractivity contribution in [1.29, 1.82) is 0 Å². The number of benzene rings is 1. The molecule has 0 heterocycles. The molecule has 2 N–H and O–H groups in total. The molecule has 0 atom stereocenters. The van der Waals surface area contributed by atoms with Gasteiger partial charge in [0.25, 0.3) is 5.91 Å². The molecule has 1 aromatic rings. The molecule has 0 unspecified atom stereocenters. The maximum Gasteiger partial charge on any atom is 0.387 e. The molecule has 0 aromatic heterocycles. The van der Waals surface area contributed by atoms with Crippen molar-refractivity contribution in [3.8, 4) is 11.5 Å². The summed E-state index contributed by atoms with van der Waals surface area (Å²) in [6.45, 7) is 3.66. The van der Waals surface area contributed by atoms with E-state index in [-0.39, 0.29) is 35.6 Å². The largest absolute Gasteiger partial charge is 0.493 e. The van der Waals surface area contributed by atoms with E-state index in [1.807, 2.05) is 0 Å². The molecular formula is C22H32F2N2O4.